The Morgan fingerprint density at radius 3 is 1.93 bits per heavy atom. The second-order valence-electron chi connectivity index (χ2n) is 2.11. The Morgan fingerprint density at radius 1 is 1.29 bits per heavy atom. The standard InChI is InChI=1S/C4H10S4.C3H4S3/c1-4(7-2-5)8-3-6;4-3-5-1-2-6-3/h4-6H,2-3H2,1H3;1-2H2. The number of rotatable bonds is 4. The van der Waals surface area contributed by atoms with Crippen LogP contribution in [0.4, 0.5) is 0 Å². The molecular formula is C7H14S7. The average Bonchev–Trinajstić information content (AvgIpc) is 2.58. The van der Waals surface area contributed by atoms with Crippen molar-refractivity contribution in [1.29, 1.82) is 0 Å². The maximum atomic E-state index is 4.84. The van der Waals surface area contributed by atoms with Crippen LogP contribution in [0.25, 0.3) is 0 Å². The van der Waals surface area contributed by atoms with Crippen molar-refractivity contribution in [2.24, 2.45) is 0 Å². The van der Waals surface area contributed by atoms with Gasteiger partial charge in [-0.2, -0.15) is 25.3 Å². The fourth-order valence-corrected chi connectivity index (χ4v) is 6.04. The van der Waals surface area contributed by atoms with Crippen LogP contribution in [0, 0.1) is 0 Å². The molecule has 0 aromatic rings. The minimum Gasteiger partial charge on any atom is -0.168 e. The van der Waals surface area contributed by atoms with Gasteiger partial charge in [-0.1, -0.05) is 12.2 Å². The Kier molecular flexibility index (Phi) is 13.5. The van der Waals surface area contributed by atoms with Gasteiger partial charge in [-0.3, -0.25) is 0 Å². The van der Waals surface area contributed by atoms with Crippen LogP contribution >= 0.6 is 84.5 Å². The average molecular weight is 323 g/mol. The molecule has 0 N–H and O–H groups in total. The van der Waals surface area contributed by atoms with E-state index in [1.54, 1.807) is 23.5 Å². The molecule has 84 valence electrons. The maximum absolute atomic E-state index is 4.84. The van der Waals surface area contributed by atoms with Gasteiger partial charge in [0.25, 0.3) is 0 Å². The minimum atomic E-state index is 0.644. The molecule has 0 radical (unpaired) electrons. The first-order valence-electron chi connectivity index (χ1n) is 3.95. The van der Waals surface area contributed by atoms with E-state index in [2.05, 4.69) is 32.2 Å². The van der Waals surface area contributed by atoms with Gasteiger partial charge in [-0.05, 0) is 6.92 Å². The lowest BCUT2D eigenvalue weighted by Gasteiger charge is -2.04. The van der Waals surface area contributed by atoms with Gasteiger partial charge in [0.05, 0.1) is 0 Å². The topological polar surface area (TPSA) is 0 Å². The molecule has 14 heavy (non-hydrogen) atoms. The third-order valence-corrected chi connectivity index (χ3v) is 7.05. The predicted octanol–water partition coefficient (Wildman–Crippen LogP) is 4.32. The molecule has 1 saturated heterocycles. The molecule has 0 aliphatic carbocycles. The van der Waals surface area contributed by atoms with Gasteiger partial charge in [0.15, 0.2) is 0 Å². The Bertz CT molecular complexity index is 135. The fourth-order valence-electron chi connectivity index (χ4n) is 0.550. The zero-order valence-corrected chi connectivity index (χ0v) is 13.7. The van der Waals surface area contributed by atoms with Crippen molar-refractivity contribution in [1.82, 2.24) is 0 Å². The largest absolute Gasteiger partial charge is 0.168 e. The Labute approximate surface area is 120 Å². The maximum Gasteiger partial charge on any atom is 0.104 e. The van der Waals surface area contributed by atoms with Crippen LogP contribution < -0.4 is 0 Å². The summed E-state index contributed by atoms with van der Waals surface area (Å²) in [6, 6.07) is 0. The van der Waals surface area contributed by atoms with E-state index in [9.17, 15) is 0 Å². The number of thioether (sulfide) groups is 4. The second-order valence-corrected chi connectivity index (χ2v) is 9.94. The molecule has 0 spiro atoms. The van der Waals surface area contributed by atoms with Crippen molar-refractivity contribution in [3.05, 3.63) is 0 Å². The molecule has 0 nitrogen and oxygen atoms in total. The number of hydrogen-bond donors (Lipinski definition) is 2. The molecule has 0 aromatic heterocycles. The Morgan fingerprint density at radius 2 is 1.71 bits per heavy atom. The normalized spacial score (nSPS) is 15.6. The lowest BCUT2D eigenvalue weighted by Crippen LogP contribution is -1.86. The third kappa shape index (κ3) is 10.7. The highest BCUT2D eigenvalue weighted by Crippen LogP contribution is 2.25. The summed E-state index contributed by atoms with van der Waals surface area (Å²) in [5, 5.41) is 1.81. The van der Waals surface area contributed by atoms with Crippen LogP contribution in [0.15, 0.2) is 0 Å². The summed E-state index contributed by atoms with van der Waals surface area (Å²) in [6.07, 6.45) is 0. The summed E-state index contributed by atoms with van der Waals surface area (Å²) in [7, 11) is 0. The zero-order valence-electron chi connectivity index (χ0n) is 7.84. The number of hydrogen-bond acceptors (Lipinski definition) is 7. The van der Waals surface area contributed by atoms with E-state index >= 15 is 0 Å². The van der Waals surface area contributed by atoms with Crippen LogP contribution in [0.3, 0.4) is 0 Å². The van der Waals surface area contributed by atoms with Crippen molar-refractivity contribution in [3.8, 4) is 0 Å². The summed E-state index contributed by atoms with van der Waals surface area (Å²) in [5.41, 5.74) is 0. The molecule has 0 bridgehead atoms. The summed E-state index contributed by atoms with van der Waals surface area (Å²) in [6.45, 7) is 2.17. The van der Waals surface area contributed by atoms with Crippen molar-refractivity contribution in [2.75, 3.05) is 21.7 Å². The van der Waals surface area contributed by atoms with Gasteiger partial charge < -0.3 is 0 Å². The highest BCUT2D eigenvalue weighted by Gasteiger charge is 2.04. The van der Waals surface area contributed by atoms with E-state index in [0.29, 0.717) is 4.58 Å². The second kappa shape index (κ2) is 11.7. The summed E-state index contributed by atoms with van der Waals surface area (Å²) in [4.78, 5) is 0. The number of thiol groups is 2. The summed E-state index contributed by atoms with van der Waals surface area (Å²) in [5.74, 6) is 2.45. The molecular weight excluding hydrogens is 309 g/mol. The van der Waals surface area contributed by atoms with Gasteiger partial charge in [0.2, 0.25) is 0 Å². The lowest BCUT2D eigenvalue weighted by atomic mass is 11.0. The lowest BCUT2D eigenvalue weighted by molar-refractivity contribution is 1.43. The van der Waals surface area contributed by atoms with Crippen LogP contribution in [0.2, 0.25) is 0 Å². The minimum absolute atomic E-state index is 0.644. The van der Waals surface area contributed by atoms with E-state index in [1.807, 2.05) is 23.5 Å². The first-order valence-corrected chi connectivity index (χ1v) is 9.69. The Balaban J connectivity index is 0.000000249. The van der Waals surface area contributed by atoms with Crippen LogP contribution in [-0.4, -0.2) is 29.8 Å². The van der Waals surface area contributed by atoms with E-state index in [1.165, 1.54) is 11.5 Å². The van der Waals surface area contributed by atoms with Crippen molar-refractivity contribution < 1.29 is 0 Å². The van der Waals surface area contributed by atoms with E-state index < -0.39 is 0 Å². The molecule has 7 heteroatoms. The van der Waals surface area contributed by atoms with E-state index in [0.717, 1.165) is 13.7 Å². The highest BCUT2D eigenvalue weighted by atomic mass is 32.2. The molecule has 0 atom stereocenters. The van der Waals surface area contributed by atoms with Crippen LogP contribution in [0.5, 0.6) is 0 Å². The summed E-state index contributed by atoms with van der Waals surface area (Å²) >= 11 is 20.3. The van der Waals surface area contributed by atoms with E-state index in [-0.39, 0.29) is 0 Å². The molecule has 0 unspecified atom stereocenters. The quantitative estimate of drug-likeness (QED) is 0.448. The summed E-state index contributed by atoms with van der Waals surface area (Å²) < 4.78 is 1.76. The molecule has 1 fully saturated rings. The molecule has 1 heterocycles. The predicted molar refractivity (Wildman–Crippen MR) is 89.9 cm³/mol. The van der Waals surface area contributed by atoms with Gasteiger partial charge in [0, 0.05) is 26.3 Å². The fraction of sp³-hybridized carbons (Fsp3) is 0.857. The first kappa shape index (κ1) is 16.2. The highest BCUT2D eigenvalue weighted by molar-refractivity contribution is 8.49. The van der Waals surface area contributed by atoms with E-state index in [4.69, 9.17) is 12.2 Å². The van der Waals surface area contributed by atoms with Crippen molar-refractivity contribution in [3.63, 3.8) is 0 Å². The van der Waals surface area contributed by atoms with Gasteiger partial charge in [-0.15, -0.1) is 47.0 Å². The zero-order chi connectivity index (χ0) is 10.8. The first-order chi connectivity index (χ1) is 6.70. The third-order valence-electron chi connectivity index (χ3n) is 1.14. The monoisotopic (exact) mass is 322 g/mol. The molecule has 1 rings (SSSR count). The van der Waals surface area contributed by atoms with Crippen LogP contribution in [-0.2, 0) is 0 Å². The van der Waals surface area contributed by atoms with Crippen LogP contribution in [0.1, 0.15) is 6.92 Å². The molecule has 0 amide bonds. The van der Waals surface area contributed by atoms with Crippen molar-refractivity contribution in [2.45, 2.75) is 11.5 Å². The molecule has 0 saturated carbocycles. The van der Waals surface area contributed by atoms with Gasteiger partial charge in [-0.25, -0.2) is 0 Å². The molecule has 1 aliphatic heterocycles. The SMILES string of the molecule is CC(SCS)SCS.S=C1SCCS1. The van der Waals surface area contributed by atoms with Gasteiger partial charge >= 0.3 is 0 Å². The Hall–Kier alpha value is 2.19. The van der Waals surface area contributed by atoms with Crippen molar-refractivity contribution >= 4 is 88.1 Å². The van der Waals surface area contributed by atoms with Gasteiger partial charge in [0.1, 0.15) is 3.53 Å². The number of thiocarbonyl (C=S) groups is 1. The molecule has 1 aliphatic rings. The molecule has 0 aromatic carbocycles. The smallest absolute Gasteiger partial charge is 0.104 e.